The highest BCUT2D eigenvalue weighted by Crippen LogP contribution is 2.43. The number of aromatic nitrogens is 2. The van der Waals surface area contributed by atoms with E-state index >= 15 is 0 Å². The number of fused-ring (bicyclic) bond motifs is 1. The Hall–Kier alpha value is -4.43. The Morgan fingerprint density at radius 1 is 1.02 bits per heavy atom. The molecule has 1 N–H and O–H groups in total. The molecule has 0 radical (unpaired) electrons. The Kier molecular flexibility index (Phi) is 9.78. The highest BCUT2D eigenvalue weighted by molar-refractivity contribution is 5.92. The SMILES string of the molecule is CCOC(=O)c1cnn(-c2cccc(-c3cccc4c3[C@@H](Cc3ccc(C5CCN(C(=O)C(C)O)CC5)c(CC)c3)CC4)c2)c1OC. The van der Waals surface area contributed by atoms with E-state index in [1.165, 1.54) is 46.7 Å². The van der Waals surface area contributed by atoms with Crippen LogP contribution in [0.4, 0.5) is 0 Å². The third-order valence-corrected chi connectivity index (χ3v) is 9.86. The normalized spacial score (nSPS) is 17.0. The molecule has 2 atom stereocenters. The zero-order valence-corrected chi connectivity index (χ0v) is 27.9. The minimum atomic E-state index is -0.937. The van der Waals surface area contributed by atoms with Crippen molar-refractivity contribution in [3.8, 4) is 22.7 Å². The molecule has 246 valence electrons. The predicted octanol–water partition coefficient (Wildman–Crippen LogP) is 6.65. The molecule has 1 unspecified atom stereocenters. The number of rotatable bonds is 10. The quantitative estimate of drug-likeness (QED) is 0.196. The summed E-state index contributed by atoms with van der Waals surface area (Å²) in [6, 6.07) is 21.9. The van der Waals surface area contributed by atoms with E-state index in [-0.39, 0.29) is 12.5 Å². The number of likely N-dealkylation sites (tertiary alicyclic amines) is 1. The van der Waals surface area contributed by atoms with Crippen LogP contribution in [0.15, 0.2) is 66.9 Å². The predicted molar refractivity (Wildman–Crippen MR) is 182 cm³/mol. The van der Waals surface area contributed by atoms with Crippen LogP contribution < -0.4 is 4.74 Å². The molecule has 8 nitrogen and oxygen atoms in total. The van der Waals surface area contributed by atoms with Crippen LogP contribution in [0.25, 0.3) is 16.8 Å². The molecule has 1 aliphatic carbocycles. The number of carbonyl (C=O) groups is 2. The van der Waals surface area contributed by atoms with E-state index in [9.17, 15) is 14.7 Å². The molecule has 4 aromatic rings. The molecule has 2 heterocycles. The average Bonchev–Trinajstić information content (AvgIpc) is 3.72. The second kappa shape index (κ2) is 14.1. The number of esters is 1. The van der Waals surface area contributed by atoms with Crippen molar-refractivity contribution < 1.29 is 24.2 Å². The maximum atomic E-state index is 12.5. The number of carbonyl (C=O) groups excluding carboxylic acids is 2. The fraction of sp³-hybridized carbons (Fsp3) is 0.410. The second-order valence-electron chi connectivity index (χ2n) is 12.7. The van der Waals surface area contributed by atoms with Gasteiger partial charge >= 0.3 is 5.97 Å². The molecular formula is C39H45N3O5. The molecule has 1 amide bonds. The average molecular weight is 636 g/mol. The van der Waals surface area contributed by atoms with E-state index in [1.54, 1.807) is 23.4 Å². The van der Waals surface area contributed by atoms with Crippen LogP contribution in [0, 0.1) is 0 Å². The summed E-state index contributed by atoms with van der Waals surface area (Å²) in [5, 5.41) is 14.2. The number of ether oxygens (including phenoxy) is 2. The molecule has 1 fully saturated rings. The number of piperidine rings is 1. The minimum Gasteiger partial charge on any atom is -0.480 e. The Morgan fingerprint density at radius 2 is 1.81 bits per heavy atom. The largest absolute Gasteiger partial charge is 0.480 e. The lowest BCUT2D eigenvalue weighted by Gasteiger charge is -2.34. The van der Waals surface area contributed by atoms with Gasteiger partial charge in [-0.2, -0.15) is 5.10 Å². The van der Waals surface area contributed by atoms with Crippen molar-refractivity contribution >= 4 is 11.9 Å². The zero-order valence-electron chi connectivity index (χ0n) is 27.9. The number of methoxy groups -OCH3 is 1. The Morgan fingerprint density at radius 3 is 2.53 bits per heavy atom. The third-order valence-electron chi connectivity index (χ3n) is 9.86. The number of hydrogen-bond acceptors (Lipinski definition) is 6. The Labute approximate surface area is 277 Å². The van der Waals surface area contributed by atoms with E-state index < -0.39 is 12.1 Å². The number of aliphatic hydroxyl groups is 1. The van der Waals surface area contributed by atoms with Crippen LogP contribution in [0.2, 0.25) is 0 Å². The lowest BCUT2D eigenvalue weighted by atomic mass is 9.83. The van der Waals surface area contributed by atoms with Gasteiger partial charge in [0.25, 0.3) is 5.91 Å². The molecule has 1 aromatic heterocycles. The van der Waals surface area contributed by atoms with Gasteiger partial charge < -0.3 is 19.5 Å². The summed E-state index contributed by atoms with van der Waals surface area (Å²) in [5.41, 5.74) is 10.4. The van der Waals surface area contributed by atoms with Gasteiger partial charge in [0, 0.05) is 13.1 Å². The van der Waals surface area contributed by atoms with E-state index in [2.05, 4.69) is 60.6 Å². The number of benzene rings is 3. The summed E-state index contributed by atoms with van der Waals surface area (Å²) in [6.45, 7) is 7.23. The first-order chi connectivity index (χ1) is 22.8. The number of hydrogen-bond donors (Lipinski definition) is 1. The topological polar surface area (TPSA) is 93.9 Å². The third kappa shape index (κ3) is 6.57. The van der Waals surface area contributed by atoms with Crippen molar-refractivity contribution in [2.45, 2.75) is 77.2 Å². The van der Waals surface area contributed by atoms with Crippen LogP contribution in [0.1, 0.15) is 90.0 Å². The maximum absolute atomic E-state index is 12.5. The molecule has 0 saturated carbocycles. The second-order valence-corrected chi connectivity index (χ2v) is 12.7. The summed E-state index contributed by atoms with van der Waals surface area (Å²) in [4.78, 5) is 26.6. The Bertz CT molecular complexity index is 1750. The lowest BCUT2D eigenvalue weighted by Crippen LogP contribution is -2.42. The van der Waals surface area contributed by atoms with Crippen LogP contribution in [0.3, 0.4) is 0 Å². The van der Waals surface area contributed by atoms with Gasteiger partial charge in [-0.3, -0.25) is 4.79 Å². The molecule has 2 aliphatic rings. The van der Waals surface area contributed by atoms with Crippen LogP contribution in [0.5, 0.6) is 5.88 Å². The highest BCUT2D eigenvalue weighted by atomic mass is 16.5. The first kappa shape index (κ1) is 32.5. The Balaban J connectivity index is 1.24. The standard InChI is InChI=1S/C39H45N3O5/c1-5-27-21-26(13-16-33(27)28-17-19-41(20-18-28)37(44)25(3)43)22-31-15-14-29-9-8-12-34(36(29)31)30-10-7-11-32(23-30)42-38(46-4)35(24-40-42)39(45)47-6-2/h7-13,16,21,23-25,28,31,43H,5-6,14-15,17-20,22H2,1-4H3/t25?,31-/m1/s1. The fourth-order valence-electron chi connectivity index (χ4n) is 7.56. The summed E-state index contributed by atoms with van der Waals surface area (Å²) in [6.07, 6.45) is 6.55. The minimum absolute atomic E-state index is 0.165. The van der Waals surface area contributed by atoms with E-state index in [1.807, 2.05) is 12.1 Å². The van der Waals surface area contributed by atoms with E-state index in [4.69, 9.17) is 9.47 Å². The van der Waals surface area contributed by atoms with Gasteiger partial charge in [-0.25, -0.2) is 9.48 Å². The van der Waals surface area contributed by atoms with Gasteiger partial charge in [0.15, 0.2) is 0 Å². The van der Waals surface area contributed by atoms with Crippen molar-refractivity contribution in [2.75, 3.05) is 26.8 Å². The van der Waals surface area contributed by atoms with Crippen molar-refractivity contribution in [1.82, 2.24) is 14.7 Å². The monoisotopic (exact) mass is 635 g/mol. The number of aliphatic hydroxyl groups excluding tert-OH is 1. The number of nitrogens with zero attached hydrogens (tertiary/aromatic N) is 3. The molecule has 6 rings (SSSR count). The van der Waals surface area contributed by atoms with Gasteiger partial charge in [0.05, 0.1) is 25.6 Å². The fourth-order valence-corrected chi connectivity index (χ4v) is 7.56. The molecule has 0 spiro atoms. The maximum Gasteiger partial charge on any atom is 0.345 e. The summed E-state index contributed by atoms with van der Waals surface area (Å²) in [5.74, 6) is 0.575. The molecular weight excluding hydrogens is 590 g/mol. The first-order valence-electron chi connectivity index (χ1n) is 16.9. The van der Waals surface area contributed by atoms with E-state index in [0.717, 1.165) is 49.8 Å². The van der Waals surface area contributed by atoms with Crippen molar-refractivity contribution in [3.05, 3.63) is 100 Å². The smallest absolute Gasteiger partial charge is 0.345 e. The number of amides is 1. The van der Waals surface area contributed by atoms with Crippen molar-refractivity contribution in [2.24, 2.45) is 0 Å². The molecule has 8 heteroatoms. The van der Waals surface area contributed by atoms with E-state index in [0.29, 0.717) is 36.4 Å². The number of aryl methyl sites for hydroxylation is 2. The molecule has 0 bridgehead atoms. The first-order valence-corrected chi connectivity index (χ1v) is 16.9. The van der Waals surface area contributed by atoms with Gasteiger partial charge in [-0.15, -0.1) is 0 Å². The van der Waals surface area contributed by atoms with Crippen LogP contribution in [-0.2, 0) is 28.8 Å². The van der Waals surface area contributed by atoms with Crippen molar-refractivity contribution in [1.29, 1.82) is 0 Å². The lowest BCUT2D eigenvalue weighted by molar-refractivity contribution is -0.140. The molecule has 1 saturated heterocycles. The van der Waals surface area contributed by atoms with Gasteiger partial charge in [0.1, 0.15) is 11.7 Å². The van der Waals surface area contributed by atoms with Gasteiger partial charge in [0.2, 0.25) is 5.88 Å². The zero-order chi connectivity index (χ0) is 33.1. The molecule has 1 aliphatic heterocycles. The molecule has 47 heavy (non-hydrogen) atoms. The summed E-state index contributed by atoms with van der Waals surface area (Å²) < 4.78 is 12.5. The van der Waals surface area contributed by atoms with Crippen molar-refractivity contribution in [3.63, 3.8) is 0 Å². The van der Waals surface area contributed by atoms with Crippen LogP contribution >= 0.6 is 0 Å². The van der Waals surface area contributed by atoms with Gasteiger partial charge in [-0.05, 0) is 115 Å². The summed E-state index contributed by atoms with van der Waals surface area (Å²) >= 11 is 0. The molecule has 3 aromatic carbocycles. The van der Waals surface area contributed by atoms with Gasteiger partial charge in [-0.1, -0.05) is 55.5 Å². The van der Waals surface area contributed by atoms with Crippen LogP contribution in [-0.4, -0.2) is 64.6 Å². The summed E-state index contributed by atoms with van der Waals surface area (Å²) in [7, 11) is 1.54. The highest BCUT2D eigenvalue weighted by Gasteiger charge is 2.29.